The fourth-order valence-electron chi connectivity index (χ4n) is 2.18. The predicted octanol–water partition coefficient (Wildman–Crippen LogP) is 4.03. The van der Waals surface area contributed by atoms with Gasteiger partial charge in [0.25, 0.3) is 17.5 Å². The lowest BCUT2D eigenvalue weighted by atomic mass is 10.1. The smallest absolute Gasteiger partial charge is 0.288 e. The van der Waals surface area contributed by atoms with Crippen molar-refractivity contribution >= 4 is 34.8 Å². The van der Waals surface area contributed by atoms with Gasteiger partial charge in [-0.2, -0.15) is 0 Å². The van der Waals surface area contributed by atoms with E-state index in [1.165, 1.54) is 12.1 Å². The van der Waals surface area contributed by atoms with E-state index in [9.17, 15) is 19.7 Å². The summed E-state index contributed by atoms with van der Waals surface area (Å²) >= 11 is 5.76. The second kappa shape index (κ2) is 8.44. The van der Waals surface area contributed by atoms with Gasteiger partial charge >= 0.3 is 0 Å². The number of nitro groups is 1. The summed E-state index contributed by atoms with van der Waals surface area (Å²) in [5.74, 6) is -0.883. The molecule has 2 aromatic carbocycles. The van der Waals surface area contributed by atoms with Gasteiger partial charge in [0.1, 0.15) is 5.02 Å². The molecular weight excluding hydrogens is 358 g/mol. The molecule has 0 fully saturated rings. The maximum absolute atomic E-state index is 12.4. The Balaban J connectivity index is 2.26. The summed E-state index contributed by atoms with van der Waals surface area (Å²) in [5.41, 5.74) is 0.334. The van der Waals surface area contributed by atoms with Gasteiger partial charge in [-0.15, -0.1) is 0 Å². The molecule has 0 bridgehead atoms. The number of nitrogens with zero attached hydrogens (tertiary/aromatic N) is 1. The highest BCUT2D eigenvalue weighted by Crippen LogP contribution is 2.26. The zero-order valence-corrected chi connectivity index (χ0v) is 15.0. The molecule has 7 nitrogen and oxygen atoms in total. The molecule has 8 heteroatoms. The van der Waals surface area contributed by atoms with Gasteiger partial charge in [-0.05, 0) is 37.6 Å². The molecule has 2 amide bonds. The van der Waals surface area contributed by atoms with Crippen molar-refractivity contribution in [2.24, 2.45) is 0 Å². The first-order chi connectivity index (χ1) is 12.3. The molecule has 136 valence electrons. The van der Waals surface area contributed by atoms with Gasteiger partial charge in [-0.25, -0.2) is 0 Å². The monoisotopic (exact) mass is 375 g/mol. The first-order valence-corrected chi connectivity index (χ1v) is 8.36. The molecule has 0 aliphatic carbocycles. The van der Waals surface area contributed by atoms with Crippen molar-refractivity contribution in [2.45, 2.75) is 26.3 Å². The quantitative estimate of drug-likeness (QED) is 0.587. The summed E-state index contributed by atoms with van der Waals surface area (Å²) in [6.07, 6.45) is 0.773. The number of nitrogens with one attached hydrogen (secondary N) is 2. The van der Waals surface area contributed by atoms with Crippen LogP contribution in [0, 0.1) is 10.1 Å². The fourth-order valence-corrected chi connectivity index (χ4v) is 2.37. The van der Waals surface area contributed by atoms with E-state index in [0.717, 1.165) is 12.5 Å². The molecule has 2 aromatic rings. The van der Waals surface area contributed by atoms with Crippen LogP contribution in [0.1, 0.15) is 41.0 Å². The molecular formula is C18H18ClN3O4. The number of anilines is 1. The zero-order valence-electron chi connectivity index (χ0n) is 14.3. The molecule has 0 aromatic heterocycles. The average molecular weight is 376 g/mol. The minimum atomic E-state index is -0.660. The summed E-state index contributed by atoms with van der Waals surface area (Å²) in [6.45, 7) is 3.83. The standard InChI is InChI=1S/C18H18ClN3O4/c1-3-11(2)20-18(24)13-6-4-5-7-15(13)21-17(23)12-8-9-14(19)16(10-12)22(25)26/h4-11H,3H2,1-2H3,(H,20,24)(H,21,23)/t11-/m0/s1. The van der Waals surface area contributed by atoms with Crippen molar-refractivity contribution < 1.29 is 14.5 Å². The Morgan fingerprint density at radius 1 is 1.19 bits per heavy atom. The third-order valence-electron chi connectivity index (χ3n) is 3.81. The number of nitro benzene ring substituents is 1. The van der Waals surface area contributed by atoms with E-state index in [0.29, 0.717) is 11.3 Å². The van der Waals surface area contributed by atoms with Crippen molar-refractivity contribution in [1.29, 1.82) is 0 Å². The number of benzene rings is 2. The molecule has 1 atom stereocenters. The van der Waals surface area contributed by atoms with Crippen LogP contribution < -0.4 is 10.6 Å². The Labute approximate surface area is 155 Å². The number of halogens is 1. The van der Waals surface area contributed by atoms with E-state index in [2.05, 4.69) is 10.6 Å². The summed E-state index contributed by atoms with van der Waals surface area (Å²) in [5, 5.41) is 16.4. The van der Waals surface area contributed by atoms with E-state index in [1.807, 2.05) is 13.8 Å². The van der Waals surface area contributed by atoms with Crippen LogP contribution in [0.4, 0.5) is 11.4 Å². The Morgan fingerprint density at radius 3 is 2.54 bits per heavy atom. The van der Waals surface area contributed by atoms with Crippen molar-refractivity contribution in [3.05, 3.63) is 68.7 Å². The minimum absolute atomic E-state index is 0.00910. The number of hydrogen-bond acceptors (Lipinski definition) is 4. The maximum Gasteiger partial charge on any atom is 0.288 e. The van der Waals surface area contributed by atoms with Crippen molar-refractivity contribution in [3.63, 3.8) is 0 Å². The maximum atomic E-state index is 12.4. The molecule has 0 saturated carbocycles. The zero-order chi connectivity index (χ0) is 19.3. The number of carbonyl (C=O) groups excluding carboxylic acids is 2. The van der Waals surface area contributed by atoms with Crippen LogP contribution in [-0.4, -0.2) is 22.8 Å². The highest BCUT2D eigenvalue weighted by molar-refractivity contribution is 6.32. The first kappa shape index (κ1) is 19.4. The highest BCUT2D eigenvalue weighted by Gasteiger charge is 2.18. The predicted molar refractivity (Wildman–Crippen MR) is 99.7 cm³/mol. The Kier molecular flexibility index (Phi) is 6.30. The minimum Gasteiger partial charge on any atom is -0.350 e. The normalized spacial score (nSPS) is 11.5. The van der Waals surface area contributed by atoms with Crippen molar-refractivity contribution in [1.82, 2.24) is 5.32 Å². The van der Waals surface area contributed by atoms with Crippen LogP contribution in [-0.2, 0) is 0 Å². The number of carbonyl (C=O) groups is 2. The lowest BCUT2D eigenvalue weighted by Gasteiger charge is -2.14. The molecule has 0 aliphatic rings. The molecule has 0 saturated heterocycles. The lowest BCUT2D eigenvalue weighted by Crippen LogP contribution is -2.32. The van der Waals surface area contributed by atoms with Crippen LogP contribution in [0.2, 0.25) is 5.02 Å². The summed E-state index contributed by atoms with van der Waals surface area (Å²) < 4.78 is 0. The van der Waals surface area contributed by atoms with Crippen LogP contribution in [0.5, 0.6) is 0 Å². The second-order valence-electron chi connectivity index (χ2n) is 5.71. The molecule has 0 heterocycles. The first-order valence-electron chi connectivity index (χ1n) is 7.98. The molecule has 0 unspecified atom stereocenters. The summed E-state index contributed by atoms with van der Waals surface area (Å²) in [7, 11) is 0. The third-order valence-corrected chi connectivity index (χ3v) is 4.13. The van der Waals surface area contributed by atoms with E-state index in [4.69, 9.17) is 11.6 Å². The largest absolute Gasteiger partial charge is 0.350 e. The van der Waals surface area contributed by atoms with Crippen molar-refractivity contribution in [3.8, 4) is 0 Å². The number of hydrogen-bond donors (Lipinski definition) is 2. The summed E-state index contributed by atoms with van der Waals surface area (Å²) in [6, 6.07) is 10.3. The molecule has 0 aliphatic heterocycles. The van der Waals surface area contributed by atoms with Crippen LogP contribution in [0.3, 0.4) is 0 Å². The Hall–Kier alpha value is -2.93. The number of amides is 2. The number of rotatable bonds is 6. The van der Waals surface area contributed by atoms with Gasteiger partial charge in [0.2, 0.25) is 0 Å². The van der Waals surface area contributed by atoms with Crippen LogP contribution in [0.15, 0.2) is 42.5 Å². The topological polar surface area (TPSA) is 101 Å². The number of para-hydroxylation sites is 1. The Bertz CT molecular complexity index is 854. The van der Waals surface area contributed by atoms with E-state index >= 15 is 0 Å². The van der Waals surface area contributed by atoms with Gasteiger partial charge < -0.3 is 10.6 Å². The molecule has 26 heavy (non-hydrogen) atoms. The van der Waals surface area contributed by atoms with E-state index in [1.54, 1.807) is 24.3 Å². The third kappa shape index (κ3) is 4.58. The van der Waals surface area contributed by atoms with Crippen LogP contribution in [0.25, 0.3) is 0 Å². The SMILES string of the molecule is CC[C@H](C)NC(=O)c1ccccc1NC(=O)c1ccc(Cl)c([N+](=O)[O-])c1. The fraction of sp³-hybridized carbons (Fsp3) is 0.222. The lowest BCUT2D eigenvalue weighted by molar-refractivity contribution is -0.384. The van der Waals surface area contributed by atoms with Crippen molar-refractivity contribution in [2.75, 3.05) is 5.32 Å². The average Bonchev–Trinajstić information content (AvgIpc) is 2.61. The van der Waals surface area contributed by atoms with Gasteiger partial charge in [0.05, 0.1) is 16.2 Å². The second-order valence-corrected chi connectivity index (χ2v) is 6.11. The van der Waals surface area contributed by atoms with E-state index in [-0.39, 0.29) is 28.2 Å². The highest BCUT2D eigenvalue weighted by atomic mass is 35.5. The van der Waals surface area contributed by atoms with Gasteiger partial charge in [0.15, 0.2) is 0 Å². The van der Waals surface area contributed by atoms with Gasteiger partial charge in [0, 0.05) is 17.7 Å². The van der Waals surface area contributed by atoms with Gasteiger partial charge in [-0.1, -0.05) is 30.7 Å². The van der Waals surface area contributed by atoms with E-state index < -0.39 is 10.8 Å². The molecule has 2 rings (SSSR count). The summed E-state index contributed by atoms with van der Waals surface area (Å²) in [4.78, 5) is 35.1. The molecule has 0 spiro atoms. The Morgan fingerprint density at radius 2 is 1.88 bits per heavy atom. The molecule has 2 N–H and O–H groups in total. The van der Waals surface area contributed by atoms with Crippen LogP contribution >= 0.6 is 11.6 Å². The molecule has 0 radical (unpaired) electrons. The van der Waals surface area contributed by atoms with Gasteiger partial charge in [-0.3, -0.25) is 19.7 Å².